The summed E-state index contributed by atoms with van der Waals surface area (Å²) in [6.07, 6.45) is 11.9. The molecular weight excluding hydrogens is 414 g/mol. The zero-order valence-electron chi connectivity index (χ0n) is 20.6. The van der Waals surface area contributed by atoms with Crippen molar-refractivity contribution in [3.63, 3.8) is 0 Å². The van der Waals surface area contributed by atoms with Gasteiger partial charge in [-0.25, -0.2) is 0 Å². The average Bonchev–Trinajstić information content (AvgIpc) is 2.80. The molecule has 0 spiro atoms. The average molecular weight is 454 g/mol. The number of ether oxygens (including phenoxy) is 3. The molecule has 5 heteroatoms. The zero-order chi connectivity index (χ0) is 23.7. The Morgan fingerprint density at radius 1 is 0.848 bits per heavy atom. The minimum absolute atomic E-state index is 0.592. The van der Waals surface area contributed by atoms with E-state index in [9.17, 15) is 0 Å². The van der Waals surface area contributed by atoms with Crippen molar-refractivity contribution in [2.45, 2.75) is 59.3 Å². The molecule has 0 aliphatic heterocycles. The van der Waals surface area contributed by atoms with Crippen LogP contribution >= 0.6 is 0 Å². The Labute approximate surface area is 199 Å². The van der Waals surface area contributed by atoms with E-state index in [2.05, 4.69) is 36.0 Å². The normalized spacial score (nSPS) is 11.3. The maximum atomic E-state index is 6.07. The van der Waals surface area contributed by atoms with Crippen LogP contribution in [-0.4, -0.2) is 33.1 Å². The fourth-order valence-electron chi connectivity index (χ4n) is 3.53. The van der Waals surface area contributed by atoms with Crippen molar-refractivity contribution in [2.24, 2.45) is 5.16 Å². The number of oxime groups is 1. The van der Waals surface area contributed by atoms with E-state index < -0.39 is 0 Å². The van der Waals surface area contributed by atoms with Crippen LogP contribution in [0.15, 0.2) is 53.7 Å². The SMILES string of the molecule is C/C=C/COc1cc(C)c(OCCCCCCOc2cccc(CCC=NOC)c2)c(C)c1. The summed E-state index contributed by atoms with van der Waals surface area (Å²) in [6, 6.07) is 12.4. The van der Waals surface area contributed by atoms with Gasteiger partial charge in [0.25, 0.3) is 0 Å². The van der Waals surface area contributed by atoms with Gasteiger partial charge in [0.05, 0.1) is 13.2 Å². The van der Waals surface area contributed by atoms with Gasteiger partial charge in [-0.05, 0) is 100 Å². The molecule has 0 aliphatic rings. The largest absolute Gasteiger partial charge is 0.494 e. The molecule has 0 N–H and O–H groups in total. The summed E-state index contributed by atoms with van der Waals surface area (Å²) in [6.45, 7) is 8.20. The summed E-state index contributed by atoms with van der Waals surface area (Å²) in [5.74, 6) is 2.80. The van der Waals surface area contributed by atoms with Crippen molar-refractivity contribution in [1.29, 1.82) is 0 Å². The highest BCUT2D eigenvalue weighted by Crippen LogP contribution is 2.28. The summed E-state index contributed by atoms with van der Waals surface area (Å²) in [5.41, 5.74) is 3.48. The summed E-state index contributed by atoms with van der Waals surface area (Å²) in [5, 5.41) is 3.77. The highest BCUT2D eigenvalue weighted by atomic mass is 16.6. The van der Waals surface area contributed by atoms with Crippen LogP contribution in [0, 0.1) is 13.8 Å². The lowest BCUT2D eigenvalue weighted by molar-refractivity contribution is 0.214. The third-order valence-corrected chi connectivity index (χ3v) is 5.21. The van der Waals surface area contributed by atoms with Gasteiger partial charge in [-0.3, -0.25) is 0 Å². The number of rotatable bonds is 16. The molecule has 33 heavy (non-hydrogen) atoms. The fraction of sp³-hybridized carbons (Fsp3) is 0.464. The van der Waals surface area contributed by atoms with Crippen LogP contribution in [0.1, 0.15) is 55.7 Å². The molecule has 0 unspecified atom stereocenters. The molecule has 0 fully saturated rings. The number of unbranched alkanes of at least 4 members (excludes halogenated alkanes) is 3. The van der Waals surface area contributed by atoms with E-state index in [0.717, 1.165) is 80.1 Å². The van der Waals surface area contributed by atoms with Gasteiger partial charge in [-0.1, -0.05) is 29.4 Å². The second kappa shape index (κ2) is 15.8. The predicted molar refractivity (Wildman–Crippen MR) is 136 cm³/mol. The van der Waals surface area contributed by atoms with E-state index in [1.54, 1.807) is 13.3 Å². The Balaban J connectivity index is 1.60. The van der Waals surface area contributed by atoms with Gasteiger partial charge in [-0.15, -0.1) is 0 Å². The lowest BCUT2D eigenvalue weighted by Gasteiger charge is -2.14. The first-order chi connectivity index (χ1) is 16.1. The van der Waals surface area contributed by atoms with Crippen molar-refractivity contribution in [1.82, 2.24) is 0 Å². The van der Waals surface area contributed by atoms with Crippen LogP contribution in [-0.2, 0) is 11.3 Å². The molecule has 0 bridgehead atoms. The number of hydrogen-bond acceptors (Lipinski definition) is 5. The summed E-state index contributed by atoms with van der Waals surface area (Å²) in [7, 11) is 1.56. The second-order valence-electron chi connectivity index (χ2n) is 8.03. The maximum Gasteiger partial charge on any atom is 0.125 e. The second-order valence-corrected chi connectivity index (χ2v) is 8.03. The molecule has 0 amide bonds. The van der Waals surface area contributed by atoms with Crippen molar-refractivity contribution >= 4 is 6.21 Å². The van der Waals surface area contributed by atoms with Crippen LogP contribution in [0.2, 0.25) is 0 Å². The molecule has 0 aromatic heterocycles. The van der Waals surface area contributed by atoms with Crippen molar-refractivity contribution in [3.8, 4) is 17.2 Å². The molecule has 2 rings (SSSR count). The maximum absolute atomic E-state index is 6.07. The Bertz CT molecular complexity index is 853. The molecule has 0 saturated carbocycles. The Morgan fingerprint density at radius 3 is 2.27 bits per heavy atom. The Kier molecular flexibility index (Phi) is 12.6. The minimum Gasteiger partial charge on any atom is -0.494 e. The van der Waals surface area contributed by atoms with Gasteiger partial charge in [-0.2, -0.15) is 0 Å². The number of hydrogen-bond donors (Lipinski definition) is 0. The lowest BCUT2D eigenvalue weighted by atomic mass is 10.1. The smallest absolute Gasteiger partial charge is 0.125 e. The van der Waals surface area contributed by atoms with E-state index in [4.69, 9.17) is 14.2 Å². The molecule has 0 radical (unpaired) electrons. The molecular formula is C28H39NO4. The molecule has 0 aliphatic carbocycles. The Hall–Kier alpha value is -2.95. The molecule has 0 heterocycles. The molecule has 5 nitrogen and oxygen atoms in total. The standard InChI is InChI=1S/C28H39NO4/c1-5-6-17-32-27-20-23(2)28(24(3)21-27)33-19-10-8-7-9-18-31-26-15-11-13-25(22-26)14-12-16-29-30-4/h5-6,11,13,15-16,20-22H,7-10,12,14,17-19H2,1-4H3/b6-5+,29-16?. The fourth-order valence-corrected chi connectivity index (χ4v) is 3.53. The van der Waals surface area contributed by atoms with Gasteiger partial charge in [0.1, 0.15) is 31.0 Å². The highest BCUT2D eigenvalue weighted by Gasteiger charge is 2.07. The zero-order valence-corrected chi connectivity index (χ0v) is 20.6. The first-order valence-electron chi connectivity index (χ1n) is 11.9. The van der Waals surface area contributed by atoms with Crippen LogP contribution in [0.4, 0.5) is 0 Å². The van der Waals surface area contributed by atoms with Crippen molar-refractivity contribution in [3.05, 3.63) is 65.2 Å². The third kappa shape index (κ3) is 10.5. The van der Waals surface area contributed by atoms with Gasteiger partial charge in [0, 0.05) is 6.21 Å². The quantitative estimate of drug-likeness (QED) is 0.121. The number of allylic oxidation sites excluding steroid dienone is 1. The summed E-state index contributed by atoms with van der Waals surface area (Å²) >= 11 is 0. The van der Waals surface area contributed by atoms with Crippen LogP contribution < -0.4 is 14.2 Å². The van der Waals surface area contributed by atoms with Gasteiger partial charge in [0.15, 0.2) is 0 Å². The van der Waals surface area contributed by atoms with E-state index >= 15 is 0 Å². The topological polar surface area (TPSA) is 49.3 Å². The summed E-state index contributed by atoms with van der Waals surface area (Å²) in [4.78, 5) is 4.69. The molecule has 180 valence electrons. The van der Waals surface area contributed by atoms with Crippen LogP contribution in [0.25, 0.3) is 0 Å². The van der Waals surface area contributed by atoms with E-state index in [1.807, 2.05) is 43.3 Å². The highest BCUT2D eigenvalue weighted by molar-refractivity contribution is 5.56. The molecule has 0 atom stereocenters. The van der Waals surface area contributed by atoms with Gasteiger partial charge in [0.2, 0.25) is 0 Å². The summed E-state index contributed by atoms with van der Waals surface area (Å²) < 4.78 is 17.7. The van der Waals surface area contributed by atoms with E-state index in [-0.39, 0.29) is 0 Å². The van der Waals surface area contributed by atoms with E-state index in [1.165, 1.54) is 5.56 Å². The minimum atomic E-state index is 0.592. The molecule has 0 saturated heterocycles. The molecule has 2 aromatic rings. The van der Waals surface area contributed by atoms with Gasteiger partial charge >= 0.3 is 0 Å². The number of nitrogens with zero attached hydrogens (tertiary/aromatic N) is 1. The first-order valence-corrected chi connectivity index (χ1v) is 11.9. The Morgan fingerprint density at radius 2 is 1.58 bits per heavy atom. The van der Waals surface area contributed by atoms with Crippen LogP contribution in [0.3, 0.4) is 0 Å². The van der Waals surface area contributed by atoms with E-state index in [0.29, 0.717) is 6.61 Å². The monoisotopic (exact) mass is 453 g/mol. The first kappa shape index (κ1) is 26.3. The lowest BCUT2D eigenvalue weighted by Crippen LogP contribution is -2.03. The van der Waals surface area contributed by atoms with Crippen LogP contribution in [0.5, 0.6) is 17.2 Å². The third-order valence-electron chi connectivity index (χ3n) is 5.21. The van der Waals surface area contributed by atoms with Gasteiger partial charge < -0.3 is 19.0 Å². The predicted octanol–water partition coefficient (Wildman–Crippen LogP) is 6.84. The van der Waals surface area contributed by atoms with Crippen molar-refractivity contribution < 1.29 is 19.0 Å². The number of benzene rings is 2. The number of aryl methyl sites for hydroxylation is 3. The van der Waals surface area contributed by atoms with Crippen molar-refractivity contribution in [2.75, 3.05) is 26.9 Å². The molecule has 2 aromatic carbocycles.